The van der Waals surface area contributed by atoms with Crippen molar-refractivity contribution < 1.29 is 5.11 Å². The van der Waals surface area contributed by atoms with Gasteiger partial charge in [-0.05, 0) is 29.7 Å². The number of phenolic OH excluding ortho intramolecular Hbond substituents is 1. The van der Waals surface area contributed by atoms with Gasteiger partial charge in [-0.3, -0.25) is 4.98 Å². The van der Waals surface area contributed by atoms with E-state index in [1.807, 2.05) is 66.5 Å². The number of hydrogen-bond acceptors (Lipinski definition) is 3. The Labute approximate surface area is 168 Å². The molecule has 0 atom stereocenters. The average Bonchev–Trinajstić information content (AvgIpc) is 3.15. The van der Waals surface area contributed by atoms with Crippen molar-refractivity contribution >= 4 is 10.8 Å². The van der Waals surface area contributed by atoms with Crippen molar-refractivity contribution in [2.45, 2.75) is 0 Å². The maximum Gasteiger partial charge on any atom is 0.144 e. The molecule has 140 valence electrons. The highest BCUT2D eigenvalue weighted by Crippen LogP contribution is 2.31. The first kappa shape index (κ1) is 17.2. The van der Waals surface area contributed by atoms with Crippen molar-refractivity contribution in [1.29, 1.82) is 0 Å². The number of fused-ring (bicyclic) bond motifs is 1. The number of rotatable bonds is 3. The number of aromatic nitrogens is 3. The van der Waals surface area contributed by atoms with Gasteiger partial charge in [-0.2, -0.15) is 0 Å². The summed E-state index contributed by atoms with van der Waals surface area (Å²) in [5, 5.41) is 12.5. The van der Waals surface area contributed by atoms with Gasteiger partial charge in [0.05, 0.1) is 17.0 Å². The van der Waals surface area contributed by atoms with Gasteiger partial charge in [-0.15, -0.1) is 0 Å². The molecule has 5 aromatic rings. The fourth-order valence-electron chi connectivity index (χ4n) is 3.60. The lowest BCUT2D eigenvalue weighted by Gasteiger charge is -2.05. The van der Waals surface area contributed by atoms with Crippen LogP contribution >= 0.6 is 0 Å². The third-order valence-corrected chi connectivity index (χ3v) is 5.11. The number of aryl methyl sites for hydroxylation is 1. The first-order valence-corrected chi connectivity index (χ1v) is 9.46. The van der Waals surface area contributed by atoms with Crippen molar-refractivity contribution in [1.82, 2.24) is 14.5 Å². The summed E-state index contributed by atoms with van der Waals surface area (Å²) in [5.41, 5.74) is 4.56. The number of pyridine rings is 1. The number of aromatic hydroxyl groups is 1. The van der Waals surface area contributed by atoms with E-state index in [-0.39, 0.29) is 5.75 Å². The summed E-state index contributed by atoms with van der Waals surface area (Å²) < 4.78 is 1.94. The van der Waals surface area contributed by atoms with Crippen LogP contribution in [0.3, 0.4) is 0 Å². The van der Waals surface area contributed by atoms with E-state index < -0.39 is 0 Å². The van der Waals surface area contributed by atoms with E-state index in [1.165, 1.54) is 5.39 Å². The molecule has 4 nitrogen and oxygen atoms in total. The summed E-state index contributed by atoms with van der Waals surface area (Å²) in [6.07, 6.45) is 3.89. The molecule has 0 fully saturated rings. The minimum Gasteiger partial charge on any atom is -0.507 e. The minimum atomic E-state index is 0.224. The minimum absolute atomic E-state index is 0.224. The molecule has 0 saturated carbocycles. The maximum atomic E-state index is 10.2. The van der Waals surface area contributed by atoms with Gasteiger partial charge < -0.3 is 9.67 Å². The molecule has 0 radical (unpaired) electrons. The molecule has 0 aliphatic rings. The van der Waals surface area contributed by atoms with E-state index in [0.29, 0.717) is 5.56 Å². The summed E-state index contributed by atoms with van der Waals surface area (Å²) in [4.78, 5) is 9.41. The Morgan fingerprint density at radius 3 is 2.31 bits per heavy atom. The number of benzene rings is 3. The van der Waals surface area contributed by atoms with Gasteiger partial charge in [0, 0.05) is 36.0 Å². The Balaban J connectivity index is 1.56. The smallest absolute Gasteiger partial charge is 0.144 e. The largest absolute Gasteiger partial charge is 0.507 e. The summed E-state index contributed by atoms with van der Waals surface area (Å²) in [7, 11) is 1.94. The molecular weight excluding hydrogens is 358 g/mol. The zero-order chi connectivity index (χ0) is 19.8. The lowest BCUT2D eigenvalue weighted by molar-refractivity contribution is 0.476. The van der Waals surface area contributed by atoms with Crippen molar-refractivity contribution in [3.63, 3.8) is 0 Å². The molecule has 0 spiro atoms. The third kappa shape index (κ3) is 3.15. The molecule has 1 N–H and O–H groups in total. The highest BCUT2D eigenvalue weighted by molar-refractivity contribution is 5.85. The number of imidazole rings is 1. The van der Waals surface area contributed by atoms with E-state index in [2.05, 4.69) is 35.3 Å². The fourth-order valence-corrected chi connectivity index (χ4v) is 3.60. The first-order valence-electron chi connectivity index (χ1n) is 9.46. The van der Waals surface area contributed by atoms with Crippen LogP contribution in [0, 0.1) is 0 Å². The molecule has 2 heterocycles. The topological polar surface area (TPSA) is 50.9 Å². The maximum absolute atomic E-state index is 10.2. The van der Waals surface area contributed by atoms with Crippen molar-refractivity contribution in [2.24, 2.45) is 7.05 Å². The van der Waals surface area contributed by atoms with Gasteiger partial charge in [0.2, 0.25) is 0 Å². The molecular formula is C25H19N3O. The monoisotopic (exact) mass is 377 g/mol. The van der Waals surface area contributed by atoms with E-state index in [0.717, 1.165) is 33.7 Å². The second-order valence-electron chi connectivity index (χ2n) is 7.08. The van der Waals surface area contributed by atoms with E-state index in [4.69, 9.17) is 4.98 Å². The predicted octanol–water partition coefficient (Wildman–Crippen LogP) is 5.67. The van der Waals surface area contributed by atoms with Gasteiger partial charge in [-0.25, -0.2) is 4.98 Å². The second kappa shape index (κ2) is 6.91. The fraction of sp³-hybridized carbons (Fsp3) is 0.0400. The number of nitrogens with zero attached hydrogens (tertiary/aromatic N) is 3. The quantitative estimate of drug-likeness (QED) is 0.440. The van der Waals surface area contributed by atoms with Crippen LogP contribution in [0.5, 0.6) is 5.75 Å². The van der Waals surface area contributed by atoms with Crippen LogP contribution < -0.4 is 0 Å². The summed E-state index contributed by atoms with van der Waals surface area (Å²) in [6, 6.07) is 25.8. The average molecular weight is 377 g/mol. The van der Waals surface area contributed by atoms with Crippen molar-refractivity contribution in [2.75, 3.05) is 0 Å². The van der Waals surface area contributed by atoms with Crippen LogP contribution in [-0.2, 0) is 7.05 Å². The van der Waals surface area contributed by atoms with Gasteiger partial charge in [-0.1, -0.05) is 54.6 Å². The molecule has 0 aliphatic carbocycles. The zero-order valence-corrected chi connectivity index (χ0v) is 15.9. The van der Waals surface area contributed by atoms with Crippen LogP contribution in [0.1, 0.15) is 0 Å². The molecule has 29 heavy (non-hydrogen) atoms. The summed E-state index contributed by atoms with van der Waals surface area (Å²) in [5.74, 6) is 0.953. The highest BCUT2D eigenvalue weighted by Gasteiger charge is 2.13. The van der Waals surface area contributed by atoms with E-state index in [9.17, 15) is 5.11 Å². The third-order valence-electron chi connectivity index (χ3n) is 5.11. The molecule has 0 aliphatic heterocycles. The predicted molar refractivity (Wildman–Crippen MR) is 116 cm³/mol. The molecule has 3 aromatic carbocycles. The van der Waals surface area contributed by atoms with E-state index in [1.54, 1.807) is 6.07 Å². The number of phenols is 1. The zero-order valence-electron chi connectivity index (χ0n) is 15.9. The Kier molecular flexibility index (Phi) is 4.10. The van der Waals surface area contributed by atoms with Crippen LogP contribution in [0.25, 0.3) is 44.7 Å². The Morgan fingerprint density at radius 1 is 0.759 bits per heavy atom. The van der Waals surface area contributed by atoms with E-state index >= 15 is 0 Å². The molecule has 0 unspecified atom stereocenters. The van der Waals surface area contributed by atoms with Gasteiger partial charge in [0.1, 0.15) is 11.6 Å². The molecule has 0 amide bonds. The second-order valence-corrected chi connectivity index (χ2v) is 7.08. The molecule has 2 aromatic heterocycles. The first-order chi connectivity index (χ1) is 14.2. The number of para-hydroxylation sites is 1. The number of hydrogen-bond donors (Lipinski definition) is 1. The molecule has 0 saturated heterocycles. The Morgan fingerprint density at radius 2 is 1.48 bits per heavy atom. The normalized spacial score (nSPS) is 11.1. The summed E-state index contributed by atoms with van der Waals surface area (Å²) >= 11 is 0. The van der Waals surface area contributed by atoms with Gasteiger partial charge in [0.15, 0.2) is 0 Å². The van der Waals surface area contributed by atoms with Crippen molar-refractivity contribution in [3.8, 4) is 39.7 Å². The SMILES string of the molecule is Cn1cc(-c2cccc(-c3cc4ccccc4cn3)c2)nc1-c1ccccc1O. The Bertz CT molecular complexity index is 1340. The van der Waals surface area contributed by atoms with Gasteiger partial charge >= 0.3 is 0 Å². The van der Waals surface area contributed by atoms with Crippen LogP contribution in [-0.4, -0.2) is 19.6 Å². The molecule has 0 bridgehead atoms. The van der Waals surface area contributed by atoms with Crippen LogP contribution in [0.2, 0.25) is 0 Å². The highest BCUT2D eigenvalue weighted by atomic mass is 16.3. The van der Waals surface area contributed by atoms with Crippen LogP contribution in [0.4, 0.5) is 0 Å². The summed E-state index contributed by atoms with van der Waals surface area (Å²) in [6.45, 7) is 0. The Hall–Kier alpha value is -3.92. The van der Waals surface area contributed by atoms with Crippen molar-refractivity contribution in [3.05, 3.63) is 91.3 Å². The van der Waals surface area contributed by atoms with Gasteiger partial charge in [0.25, 0.3) is 0 Å². The molecule has 4 heteroatoms. The van der Waals surface area contributed by atoms with Crippen LogP contribution in [0.15, 0.2) is 91.3 Å². The lowest BCUT2D eigenvalue weighted by atomic mass is 10.0. The molecule has 5 rings (SSSR count). The lowest BCUT2D eigenvalue weighted by Crippen LogP contribution is -1.90. The standard InChI is InChI=1S/C25H19N3O/c1-28-16-23(27-25(28)21-11-4-5-12-24(21)29)19-10-6-9-18(13-19)22-14-17-7-2-3-8-20(17)15-26-22/h2-16,29H,1H3.